The molecule has 1 aromatic carbocycles. The Hall–Kier alpha value is -1.51. The second kappa shape index (κ2) is 4.55. The van der Waals surface area contributed by atoms with Gasteiger partial charge in [0.25, 0.3) is 5.91 Å². The number of hydrogen-bond donors (Lipinski definition) is 1. The van der Waals surface area contributed by atoms with Gasteiger partial charge in [-0.2, -0.15) is 0 Å². The van der Waals surface area contributed by atoms with E-state index in [9.17, 15) is 4.79 Å². The summed E-state index contributed by atoms with van der Waals surface area (Å²) in [5, 5.41) is 3.68. The summed E-state index contributed by atoms with van der Waals surface area (Å²) in [6.45, 7) is 4.23. The van der Waals surface area contributed by atoms with Gasteiger partial charge in [0.2, 0.25) is 0 Å². The highest BCUT2D eigenvalue weighted by Gasteiger charge is 2.46. The third-order valence-corrected chi connectivity index (χ3v) is 4.40. The smallest absolute Gasteiger partial charge is 0.258 e. The highest BCUT2D eigenvalue weighted by atomic mass is 16.2. The van der Waals surface area contributed by atoms with Gasteiger partial charge in [-0.05, 0) is 51.7 Å². The van der Waals surface area contributed by atoms with Crippen LogP contribution in [-0.2, 0) is 0 Å². The second-order valence-corrected chi connectivity index (χ2v) is 6.03. The van der Waals surface area contributed by atoms with Crippen molar-refractivity contribution in [3.63, 3.8) is 0 Å². The van der Waals surface area contributed by atoms with Gasteiger partial charge in [0.1, 0.15) is 5.66 Å². The molecular formula is C16H22N2O. The summed E-state index contributed by atoms with van der Waals surface area (Å²) in [6.07, 6.45) is 5.80. The number of para-hydroxylation sites is 1. The Balaban J connectivity index is 2.07. The molecule has 0 atom stereocenters. The monoisotopic (exact) mass is 258 g/mol. The third-order valence-electron chi connectivity index (χ3n) is 4.40. The lowest BCUT2D eigenvalue weighted by Crippen LogP contribution is -2.63. The molecule has 1 spiro atoms. The number of nitrogens with one attached hydrogen (secondary N) is 1. The van der Waals surface area contributed by atoms with E-state index in [1.807, 2.05) is 24.3 Å². The number of nitrogens with zero attached hydrogens (tertiary/aromatic N) is 1. The Kier molecular flexibility index (Phi) is 3.00. The molecule has 2 aliphatic rings. The molecule has 1 aliphatic heterocycles. The molecule has 0 bridgehead atoms. The van der Waals surface area contributed by atoms with E-state index in [0.29, 0.717) is 0 Å². The molecule has 19 heavy (non-hydrogen) atoms. The standard InChI is InChI=1S/C16H22N2O/c1-12(2)18-15(19)13-8-4-5-9-14(13)17-16(18)10-6-3-7-11-16/h4-5,8-9,12,17H,3,6-7,10-11H2,1-2H3. The summed E-state index contributed by atoms with van der Waals surface area (Å²) in [6, 6.07) is 8.12. The summed E-state index contributed by atoms with van der Waals surface area (Å²) >= 11 is 0. The molecule has 3 nitrogen and oxygen atoms in total. The van der Waals surface area contributed by atoms with E-state index in [-0.39, 0.29) is 17.6 Å². The third kappa shape index (κ3) is 1.92. The molecule has 1 fully saturated rings. The topological polar surface area (TPSA) is 32.3 Å². The van der Waals surface area contributed by atoms with Crippen LogP contribution >= 0.6 is 0 Å². The van der Waals surface area contributed by atoms with Crippen molar-refractivity contribution in [3.8, 4) is 0 Å². The van der Waals surface area contributed by atoms with E-state index in [2.05, 4.69) is 24.1 Å². The van der Waals surface area contributed by atoms with Gasteiger partial charge >= 0.3 is 0 Å². The molecule has 0 unspecified atom stereocenters. The van der Waals surface area contributed by atoms with Gasteiger partial charge in [0, 0.05) is 11.7 Å². The van der Waals surface area contributed by atoms with Crippen LogP contribution in [0.2, 0.25) is 0 Å². The fourth-order valence-electron chi connectivity index (χ4n) is 3.64. The molecule has 1 N–H and O–H groups in total. The first-order chi connectivity index (χ1) is 9.14. The molecule has 1 heterocycles. The number of carbonyl (C=O) groups is 1. The maximum absolute atomic E-state index is 12.8. The molecule has 1 aliphatic carbocycles. The molecule has 0 aromatic heterocycles. The van der Waals surface area contributed by atoms with Crippen molar-refractivity contribution in [1.29, 1.82) is 0 Å². The highest BCUT2D eigenvalue weighted by molar-refractivity contribution is 6.02. The SMILES string of the molecule is CC(C)N1C(=O)c2ccccc2NC12CCCCC2. The summed E-state index contributed by atoms with van der Waals surface area (Å²) in [4.78, 5) is 14.9. The quantitative estimate of drug-likeness (QED) is 0.834. The van der Waals surface area contributed by atoms with Crippen LogP contribution in [0.25, 0.3) is 0 Å². The van der Waals surface area contributed by atoms with Gasteiger partial charge in [-0.1, -0.05) is 18.6 Å². The number of hydrogen-bond acceptors (Lipinski definition) is 2. The first-order valence-corrected chi connectivity index (χ1v) is 7.35. The van der Waals surface area contributed by atoms with Crippen LogP contribution in [0.1, 0.15) is 56.3 Å². The van der Waals surface area contributed by atoms with Crippen LogP contribution in [0.15, 0.2) is 24.3 Å². The lowest BCUT2D eigenvalue weighted by molar-refractivity contribution is 0.0276. The number of benzene rings is 1. The van der Waals surface area contributed by atoms with Gasteiger partial charge in [0.05, 0.1) is 5.56 Å². The summed E-state index contributed by atoms with van der Waals surface area (Å²) < 4.78 is 0. The Morgan fingerprint density at radius 3 is 2.53 bits per heavy atom. The average molecular weight is 258 g/mol. The fourth-order valence-corrected chi connectivity index (χ4v) is 3.64. The van der Waals surface area contributed by atoms with E-state index in [4.69, 9.17) is 0 Å². The van der Waals surface area contributed by atoms with E-state index >= 15 is 0 Å². The summed E-state index contributed by atoms with van der Waals surface area (Å²) in [5.74, 6) is 0.186. The first kappa shape index (κ1) is 12.5. The zero-order valence-corrected chi connectivity index (χ0v) is 11.8. The van der Waals surface area contributed by atoms with Crippen molar-refractivity contribution in [2.24, 2.45) is 0 Å². The molecule has 0 saturated heterocycles. The molecule has 1 amide bonds. The van der Waals surface area contributed by atoms with Crippen LogP contribution in [0.3, 0.4) is 0 Å². The molecule has 3 heteroatoms. The van der Waals surface area contributed by atoms with E-state index < -0.39 is 0 Å². The summed E-state index contributed by atoms with van der Waals surface area (Å²) in [5.41, 5.74) is 1.66. The van der Waals surface area contributed by atoms with Crippen molar-refractivity contribution in [1.82, 2.24) is 4.90 Å². The number of amides is 1. The van der Waals surface area contributed by atoms with E-state index in [0.717, 1.165) is 24.1 Å². The van der Waals surface area contributed by atoms with Crippen LogP contribution in [0.4, 0.5) is 5.69 Å². The highest BCUT2D eigenvalue weighted by Crippen LogP contribution is 2.41. The predicted octanol–water partition coefficient (Wildman–Crippen LogP) is 3.62. The van der Waals surface area contributed by atoms with Crippen molar-refractivity contribution >= 4 is 11.6 Å². The minimum Gasteiger partial charge on any atom is -0.362 e. The van der Waals surface area contributed by atoms with E-state index in [1.54, 1.807) is 0 Å². The largest absolute Gasteiger partial charge is 0.362 e. The Morgan fingerprint density at radius 1 is 1.16 bits per heavy atom. The van der Waals surface area contributed by atoms with Crippen LogP contribution in [0.5, 0.6) is 0 Å². The predicted molar refractivity (Wildman–Crippen MR) is 77.2 cm³/mol. The van der Waals surface area contributed by atoms with Gasteiger partial charge < -0.3 is 10.2 Å². The average Bonchev–Trinajstić information content (AvgIpc) is 2.39. The number of carbonyl (C=O) groups excluding carboxylic acids is 1. The molecule has 1 aromatic rings. The molecule has 102 valence electrons. The number of rotatable bonds is 1. The van der Waals surface area contributed by atoms with Crippen molar-refractivity contribution in [3.05, 3.63) is 29.8 Å². The van der Waals surface area contributed by atoms with Gasteiger partial charge in [0.15, 0.2) is 0 Å². The normalized spacial score (nSPS) is 21.4. The minimum atomic E-state index is -0.155. The van der Waals surface area contributed by atoms with Crippen molar-refractivity contribution in [2.45, 2.75) is 57.7 Å². The van der Waals surface area contributed by atoms with Gasteiger partial charge in [-0.3, -0.25) is 4.79 Å². The second-order valence-electron chi connectivity index (χ2n) is 6.03. The fraction of sp³-hybridized carbons (Fsp3) is 0.562. The molecule has 1 saturated carbocycles. The Labute approximate surface area is 115 Å². The van der Waals surface area contributed by atoms with Crippen LogP contribution in [0, 0.1) is 0 Å². The maximum Gasteiger partial charge on any atom is 0.258 e. The van der Waals surface area contributed by atoms with E-state index in [1.165, 1.54) is 19.3 Å². The zero-order valence-electron chi connectivity index (χ0n) is 11.8. The van der Waals surface area contributed by atoms with Crippen molar-refractivity contribution in [2.75, 3.05) is 5.32 Å². The molecular weight excluding hydrogens is 236 g/mol. The van der Waals surface area contributed by atoms with Gasteiger partial charge in [-0.15, -0.1) is 0 Å². The lowest BCUT2D eigenvalue weighted by Gasteiger charge is -2.52. The Morgan fingerprint density at radius 2 is 1.84 bits per heavy atom. The first-order valence-electron chi connectivity index (χ1n) is 7.35. The molecule has 0 radical (unpaired) electrons. The van der Waals surface area contributed by atoms with Gasteiger partial charge in [-0.25, -0.2) is 0 Å². The number of anilines is 1. The number of fused-ring (bicyclic) bond motifs is 1. The maximum atomic E-state index is 12.8. The van der Waals surface area contributed by atoms with Crippen molar-refractivity contribution < 1.29 is 4.79 Å². The van der Waals surface area contributed by atoms with Crippen LogP contribution < -0.4 is 5.32 Å². The zero-order chi connectivity index (χ0) is 13.5. The van der Waals surface area contributed by atoms with Crippen LogP contribution in [-0.4, -0.2) is 22.5 Å². The summed E-state index contributed by atoms with van der Waals surface area (Å²) in [7, 11) is 0. The molecule has 3 rings (SSSR count). The Bertz CT molecular complexity index is 489. The lowest BCUT2D eigenvalue weighted by atomic mass is 9.84. The minimum absolute atomic E-state index is 0.155.